The van der Waals surface area contributed by atoms with Crippen molar-refractivity contribution in [1.82, 2.24) is 4.31 Å². The van der Waals surface area contributed by atoms with E-state index in [2.05, 4.69) is 5.32 Å². The van der Waals surface area contributed by atoms with Crippen LogP contribution in [0.25, 0.3) is 0 Å². The Bertz CT molecular complexity index is 1030. The van der Waals surface area contributed by atoms with Gasteiger partial charge in [-0.2, -0.15) is 4.31 Å². The number of piperidine rings is 1. The smallest absolute Gasteiger partial charge is 0.258 e. The van der Waals surface area contributed by atoms with Crippen molar-refractivity contribution in [3.05, 3.63) is 58.6 Å². The molecule has 9 heteroatoms. The molecule has 0 bridgehead atoms. The Hall–Kier alpha value is -2.03. The van der Waals surface area contributed by atoms with Crippen molar-refractivity contribution in [3.63, 3.8) is 0 Å². The second-order valence-electron chi connectivity index (χ2n) is 6.90. The summed E-state index contributed by atoms with van der Waals surface area (Å²) in [5.74, 6) is -2.37. The van der Waals surface area contributed by atoms with Gasteiger partial charge in [0.1, 0.15) is 11.6 Å². The van der Waals surface area contributed by atoms with Gasteiger partial charge in [-0.15, -0.1) is 0 Å². The van der Waals surface area contributed by atoms with E-state index in [0.717, 1.165) is 43.5 Å². The van der Waals surface area contributed by atoms with Crippen LogP contribution in [0.4, 0.5) is 14.5 Å². The van der Waals surface area contributed by atoms with E-state index in [-0.39, 0.29) is 21.6 Å². The maximum atomic E-state index is 14.3. The maximum absolute atomic E-state index is 14.3. The Labute approximate surface area is 173 Å². The predicted molar refractivity (Wildman–Crippen MR) is 108 cm³/mol. The molecule has 0 unspecified atom stereocenters. The summed E-state index contributed by atoms with van der Waals surface area (Å²) in [5.41, 5.74) is -0.257. The SMILES string of the molecule is CC[C@@H]1CCCCN1S(=O)(=O)c1ccc(F)c(C(=O)Nc2ccc(F)c(Cl)c2)c1. The van der Waals surface area contributed by atoms with E-state index >= 15 is 0 Å². The minimum absolute atomic E-state index is 0.113. The fourth-order valence-electron chi connectivity index (χ4n) is 3.44. The third kappa shape index (κ3) is 4.60. The van der Waals surface area contributed by atoms with Gasteiger partial charge in [0, 0.05) is 18.3 Å². The van der Waals surface area contributed by atoms with E-state index in [9.17, 15) is 22.0 Å². The van der Waals surface area contributed by atoms with Crippen molar-refractivity contribution in [3.8, 4) is 0 Å². The highest BCUT2D eigenvalue weighted by molar-refractivity contribution is 7.89. The van der Waals surface area contributed by atoms with Crippen LogP contribution in [0.3, 0.4) is 0 Å². The third-order valence-electron chi connectivity index (χ3n) is 5.01. The summed E-state index contributed by atoms with van der Waals surface area (Å²) >= 11 is 5.69. The zero-order valence-corrected chi connectivity index (χ0v) is 17.4. The Morgan fingerprint density at radius 1 is 1.17 bits per heavy atom. The van der Waals surface area contributed by atoms with Crippen LogP contribution in [-0.2, 0) is 10.0 Å². The molecule has 0 saturated carbocycles. The molecule has 3 rings (SSSR count). The Kier molecular flexibility index (Phi) is 6.55. The Morgan fingerprint density at radius 2 is 1.90 bits per heavy atom. The second-order valence-corrected chi connectivity index (χ2v) is 9.20. The number of rotatable bonds is 5. The fraction of sp³-hybridized carbons (Fsp3) is 0.350. The molecule has 1 fully saturated rings. The first-order valence-electron chi connectivity index (χ1n) is 9.32. The number of hydrogen-bond acceptors (Lipinski definition) is 3. The summed E-state index contributed by atoms with van der Waals surface area (Å²) in [7, 11) is -3.87. The van der Waals surface area contributed by atoms with E-state index in [1.54, 1.807) is 0 Å². The van der Waals surface area contributed by atoms with Crippen LogP contribution in [-0.4, -0.2) is 31.2 Å². The van der Waals surface area contributed by atoms with Gasteiger partial charge >= 0.3 is 0 Å². The molecule has 156 valence electrons. The number of carbonyl (C=O) groups excluding carboxylic acids is 1. The molecule has 2 aromatic rings. The number of nitrogens with one attached hydrogen (secondary N) is 1. The minimum atomic E-state index is -3.87. The molecule has 1 heterocycles. The van der Waals surface area contributed by atoms with E-state index in [0.29, 0.717) is 13.0 Å². The monoisotopic (exact) mass is 442 g/mol. The summed E-state index contributed by atoms with van der Waals surface area (Å²) in [6, 6.07) is 6.58. The standard InChI is InChI=1S/C20H21ClF2N2O3S/c1-2-14-5-3-4-10-25(14)29(27,28)15-7-9-18(22)16(12-15)20(26)24-13-6-8-19(23)17(21)11-13/h6-9,11-12,14H,2-5,10H2,1H3,(H,24,26)/t14-/m1/s1. The Morgan fingerprint density at radius 3 is 2.59 bits per heavy atom. The number of hydrogen-bond donors (Lipinski definition) is 1. The molecule has 0 radical (unpaired) electrons. The van der Waals surface area contributed by atoms with Crippen LogP contribution in [0.15, 0.2) is 41.3 Å². The molecule has 0 spiro atoms. The average molecular weight is 443 g/mol. The molecular formula is C20H21ClF2N2O3S. The lowest BCUT2D eigenvalue weighted by molar-refractivity contribution is 0.102. The molecule has 0 aliphatic carbocycles. The lowest BCUT2D eigenvalue weighted by Crippen LogP contribution is -2.43. The first-order chi connectivity index (χ1) is 13.7. The van der Waals surface area contributed by atoms with Gasteiger partial charge in [-0.25, -0.2) is 17.2 Å². The van der Waals surface area contributed by atoms with Gasteiger partial charge in [-0.3, -0.25) is 4.79 Å². The molecule has 29 heavy (non-hydrogen) atoms. The fourth-order valence-corrected chi connectivity index (χ4v) is 5.42. The average Bonchev–Trinajstić information content (AvgIpc) is 2.70. The largest absolute Gasteiger partial charge is 0.322 e. The van der Waals surface area contributed by atoms with Crippen molar-refractivity contribution in [2.45, 2.75) is 43.5 Å². The van der Waals surface area contributed by atoms with Gasteiger partial charge in [0.05, 0.1) is 15.5 Å². The van der Waals surface area contributed by atoms with Crippen molar-refractivity contribution in [2.75, 3.05) is 11.9 Å². The number of carbonyl (C=O) groups is 1. The van der Waals surface area contributed by atoms with Crippen molar-refractivity contribution in [2.24, 2.45) is 0 Å². The predicted octanol–water partition coefficient (Wildman–Crippen LogP) is 4.82. The van der Waals surface area contributed by atoms with Gasteiger partial charge in [-0.05, 0) is 55.7 Å². The molecule has 1 saturated heterocycles. The molecule has 1 amide bonds. The molecule has 5 nitrogen and oxygen atoms in total. The van der Waals surface area contributed by atoms with Crippen LogP contribution in [0.5, 0.6) is 0 Å². The van der Waals surface area contributed by atoms with E-state index < -0.39 is 33.1 Å². The van der Waals surface area contributed by atoms with Crippen LogP contribution < -0.4 is 5.32 Å². The number of anilines is 1. The van der Waals surface area contributed by atoms with Gasteiger partial charge in [0.25, 0.3) is 5.91 Å². The number of sulfonamides is 1. The normalized spacial score (nSPS) is 17.9. The first kappa shape index (κ1) is 21.7. The summed E-state index contributed by atoms with van der Waals surface area (Å²) in [5, 5.41) is 2.21. The third-order valence-corrected chi connectivity index (χ3v) is 7.25. The first-order valence-corrected chi connectivity index (χ1v) is 11.1. The summed E-state index contributed by atoms with van der Waals surface area (Å²) in [6.07, 6.45) is 3.17. The van der Waals surface area contributed by atoms with Gasteiger partial charge in [0.15, 0.2) is 0 Å². The topological polar surface area (TPSA) is 66.5 Å². The van der Waals surface area contributed by atoms with Crippen LogP contribution in [0.1, 0.15) is 43.0 Å². The minimum Gasteiger partial charge on any atom is -0.322 e. The highest BCUT2D eigenvalue weighted by atomic mass is 35.5. The number of nitrogens with zero attached hydrogens (tertiary/aromatic N) is 1. The zero-order valence-electron chi connectivity index (χ0n) is 15.8. The number of halogens is 3. The number of benzene rings is 2. The van der Waals surface area contributed by atoms with Gasteiger partial charge < -0.3 is 5.32 Å². The van der Waals surface area contributed by atoms with Crippen molar-refractivity contribution < 1.29 is 22.0 Å². The van der Waals surface area contributed by atoms with Crippen molar-refractivity contribution >= 4 is 33.2 Å². The Balaban J connectivity index is 1.90. The molecule has 1 aliphatic rings. The highest BCUT2D eigenvalue weighted by Gasteiger charge is 2.33. The molecule has 2 aromatic carbocycles. The lowest BCUT2D eigenvalue weighted by atomic mass is 10.0. The molecule has 1 aliphatic heterocycles. The van der Waals surface area contributed by atoms with Crippen LogP contribution >= 0.6 is 11.6 Å². The summed E-state index contributed by atoms with van der Waals surface area (Å²) in [4.78, 5) is 12.4. The molecule has 0 aromatic heterocycles. The summed E-state index contributed by atoms with van der Waals surface area (Å²) in [6.45, 7) is 2.32. The number of amides is 1. The lowest BCUT2D eigenvalue weighted by Gasteiger charge is -2.34. The van der Waals surface area contributed by atoms with Crippen LogP contribution in [0.2, 0.25) is 5.02 Å². The van der Waals surface area contributed by atoms with Gasteiger partial charge in [0.2, 0.25) is 10.0 Å². The molecule has 1 atom stereocenters. The molecular weight excluding hydrogens is 422 g/mol. The zero-order chi connectivity index (χ0) is 21.2. The van der Waals surface area contributed by atoms with Crippen LogP contribution in [0, 0.1) is 11.6 Å². The van der Waals surface area contributed by atoms with E-state index in [1.807, 2.05) is 6.92 Å². The van der Waals surface area contributed by atoms with E-state index in [1.165, 1.54) is 16.4 Å². The van der Waals surface area contributed by atoms with Crippen molar-refractivity contribution in [1.29, 1.82) is 0 Å². The quantitative estimate of drug-likeness (QED) is 0.721. The molecule has 1 N–H and O–H groups in total. The van der Waals surface area contributed by atoms with E-state index in [4.69, 9.17) is 11.6 Å². The van der Waals surface area contributed by atoms with Gasteiger partial charge in [-0.1, -0.05) is 24.9 Å². The summed E-state index contributed by atoms with van der Waals surface area (Å²) < 4.78 is 55.2. The second kappa shape index (κ2) is 8.77. The maximum Gasteiger partial charge on any atom is 0.258 e. The highest BCUT2D eigenvalue weighted by Crippen LogP contribution is 2.28.